The maximum absolute atomic E-state index is 13.9. The molecule has 0 spiro atoms. The predicted molar refractivity (Wildman–Crippen MR) is 66.4 cm³/mol. The Morgan fingerprint density at radius 1 is 1.33 bits per heavy atom. The third-order valence-corrected chi connectivity index (χ3v) is 4.54. The molecule has 0 radical (unpaired) electrons. The van der Waals surface area contributed by atoms with Crippen molar-refractivity contribution in [3.63, 3.8) is 0 Å². The van der Waals surface area contributed by atoms with E-state index in [-0.39, 0.29) is 16.4 Å². The Labute approximate surface area is 112 Å². The monoisotopic (exact) mass is 315 g/mol. The van der Waals surface area contributed by atoms with Crippen molar-refractivity contribution in [3.8, 4) is 0 Å². The van der Waals surface area contributed by atoms with Gasteiger partial charge in [0.15, 0.2) is 11.6 Å². The van der Waals surface area contributed by atoms with Crippen molar-refractivity contribution in [2.24, 2.45) is 5.92 Å². The van der Waals surface area contributed by atoms with Crippen LogP contribution in [0.1, 0.15) is 29.6 Å². The number of Topliss-reactive ketones (excluding diaryl/α,β-unsaturated/α-hetero) is 1. The van der Waals surface area contributed by atoms with Crippen molar-refractivity contribution in [3.05, 3.63) is 33.8 Å². The van der Waals surface area contributed by atoms with Crippen LogP contribution < -0.4 is 5.32 Å². The van der Waals surface area contributed by atoms with E-state index in [1.54, 1.807) is 0 Å². The van der Waals surface area contributed by atoms with Crippen LogP contribution in [0.4, 0.5) is 8.78 Å². The summed E-state index contributed by atoms with van der Waals surface area (Å²) in [5.41, 5.74) is -0.399. The Hall–Kier alpha value is -0.810. The van der Waals surface area contributed by atoms with Crippen LogP contribution in [0.15, 0.2) is 16.6 Å². The van der Waals surface area contributed by atoms with Gasteiger partial charge in [0.05, 0.1) is 10.0 Å². The molecule has 2 fully saturated rings. The zero-order valence-electron chi connectivity index (χ0n) is 9.55. The minimum absolute atomic E-state index is 0.0836. The zero-order valence-corrected chi connectivity index (χ0v) is 11.1. The van der Waals surface area contributed by atoms with E-state index >= 15 is 0 Å². The van der Waals surface area contributed by atoms with E-state index in [0.29, 0.717) is 12.5 Å². The number of hydrogen-bond acceptors (Lipinski definition) is 2. The summed E-state index contributed by atoms with van der Waals surface area (Å²) in [4.78, 5) is 12.3. The Kier molecular flexibility index (Phi) is 2.98. The van der Waals surface area contributed by atoms with Crippen LogP contribution in [0.3, 0.4) is 0 Å². The summed E-state index contributed by atoms with van der Waals surface area (Å²) in [6, 6.07) is 2.82. The first-order chi connectivity index (χ1) is 8.58. The standard InChI is InChI=1S/C13H12BrF2NO/c14-8-2-3-9(15)11(12(8)16)13(18)7-5-6-1-4-10(7)17-6/h2-3,6-7,10,17H,1,4-5H2. The number of nitrogens with one attached hydrogen (secondary N) is 1. The second-order valence-electron chi connectivity index (χ2n) is 4.97. The molecule has 0 aromatic heterocycles. The Balaban J connectivity index is 1.96. The summed E-state index contributed by atoms with van der Waals surface area (Å²) in [6.07, 6.45) is 2.66. The molecule has 1 aromatic rings. The average Bonchev–Trinajstić information content (AvgIpc) is 2.96. The van der Waals surface area contributed by atoms with Gasteiger partial charge >= 0.3 is 0 Å². The quantitative estimate of drug-likeness (QED) is 0.671. The Bertz CT molecular complexity index is 520. The number of ketones is 1. The molecule has 5 heteroatoms. The summed E-state index contributed by atoms with van der Waals surface area (Å²) in [6.45, 7) is 0. The lowest BCUT2D eigenvalue weighted by Crippen LogP contribution is -2.30. The molecule has 2 heterocycles. The number of fused-ring (bicyclic) bond motifs is 2. The molecule has 0 saturated carbocycles. The molecular weight excluding hydrogens is 304 g/mol. The SMILES string of the molecule is O=C(c1c(F)ccc(Br)c1F)C1CC2CCC1N2. The second-order valence-corrected chi connectivity index (χ2v) is 5.83. The third-order valence-electron chi connectivity index (χ3n) is 3.93. The molecule has 3 rings (SSSR count). The van der Waals surface area contributed by atoms with E-state index in [1.165, 1.54) is 6.07 Å². The molecule has 2 aliphatic heterocycles. The minimum Gasteiger partial charge on any atom is -0.310 e. The summed E-state index contributed by atoms with van der Waals surface area (Å²) in [7, 11) is 0. The lowest BCUT2D eigenvalue weighted by atomic mass is 9.83. The van der Waals surface area contributed by atoms with Crippen LogP contribution in [-0.2, 0) is 0 Å². The van der Waals surface area contributed by atoms with Crippen molar-refractivity contribution in [1.82, 2.24) is 5.32 Å². The van der Waals surface area contributed by atoms with Gasteiger partial charge in [-0.05, 0) is 47.3 Å². The Morgan fingerprint density at radius 2 is 2.11 bits per heavy atom. The van der Waals surface area contributed by atoms with E-state index in [1.807, 2.05) is 0 Å². The first-order valence-electron chi connectivity index (χ1n) is 6.01. The lowest BCUT2D eigenvalue weighted by Gasteiger charge is -2.19. The highest BCUT2D eigenvalue weighted by atomic mass is 79.9. The van der Waals surface area contributed by atoms with Crippen LogP contribution in [-0.4, -0.2) is 17.9 Å². The fourth-order valence-corrected chi connectivity index (χ4v) is 3.38. The summed E-state index contributed by atoms with van der Waals surface area (Å²) in [5.74, 6) is -2.26. The molecule has 3 atom stereocenters. The molecule has 96 valence electrons. The van der Waals surface area contributed by atoms with Gasteiger partial charge in [0.1, 0.15) is 5.82 Å². The molecule has 1 N–H and O–H groups in total. The topological polar surface area (TPSA) is 29.1 Å². The first kappa shape index (κ1) is 12.2. The molecule has 0 aliphatic carbocycles. The maximum Gasteiger partial charge on any atom is 0.173 e. The van der Waals surface area contributed by atoms with Crippen molar-refractivity contribution < 1.29 is 13.6 Å². The van der Waals surface area contributed by atoms with Gasteiger partial charge in [-0.2, -0.15) is 0 Å². The third kappa shape index (κ3) is 1.80. The van der Waals surface area contributed by atoms with E-state index in [0.717, 1.165) is 18.9 Å². The largest absolute Gasteiger partial charge is 0.310 e. The summed E-state index contributed by atoms with van der Waals surface area (Å²) in [5, 5.41) is 3.30. The maximum atomic E-state index is 13.9. The minimum atomic E-state index is -0.789. The highest BCUT2D eigenvalue weighted by Crippen LogP contribution is 2.36. The fraction of sp³-hybridized carbons (Fsp3) is 0.462. The average molecular weight is 316 g/mol. The summed E-state index contributed by atoms with van der Waals surface area (Å²) >= 11 is 2.99. The van der Waals surface area contributed by atoms with Crippen LogP contribution in [0.5, 0.6) is 0 Å². The molecule has 3 unspecified atom stereocenters. The van der Waals surface area contributed by atoms with Crippen LogP contribution in [0.25, 0.3) is 0 Å². The highest BCUT2D eigenvalue weighted by Gasteiger charge is 2.44. The van der Waals surface area contributed by atoms with Gasteiger partial charge in [0, 0.05) is 18.0 Å². The van der Waals surface area contributed by atoms with E-state index in [2.05, 4.69) is 21.2 Å². The number of halogens is 3. The lowest BCUT2D eigenvalue weighted by molar-refractivity contribution is 0.0892. The van der Waals surface area contributed by atoms with Gasteiger partial charge in [-0.15, -0.1) is 0 Å². The Morgan fingerprint density at radius 3 is 2.72 bits per heavy atom. The van der Waals surface area contributed by atoms with Crippen LogP contribution >= 0.6 is 15.9 Å². The highest BCUT2D eigenvalue weighted by molar-refractivity contribution is 9.10. The van der Waals surface area contributed by atoms with Crippen molar-refractivity contribution in [1.29, 1.82) is 0 Å². The van der Waals surface area contributed by atoms with E-state index < -0.39 is 23.0 Å². The normalized spacial score (nSPS) is 29.8. The second kappa shape index (κ2) is 4.38. The number of carbonyl (C=O) groups excluding carboxylic acids is 1. The molecule has 2 bridgehead atoms. The van der Waals surface area contributed by atoms with Gasteiger partial charge in [0.2, 0.25) is 0 Å². The molecule has 18 heavy (non-hydrogen) atoms. The fourth-order valence-electron chi connectivity index (χ4n) is 3.05. The molecule has 2 saturated heterocycles. The first-order valence-corrected chi connectivity index (χ1v) is 6.81. The van der Waals surface area contributed by atoms with Gasteiger partial charge in [-0.1, -0.05) is 0 Å². The molecule has 1 aromatic carbocycles. The molecule has 2 aliphatic rings. The molecule has 2 nitrogen and oxygen atoms in total. The smallest absolute Gasteiger partial charge is 0.173 e. The van der Waals surface area contributed by atoms with Crippen molar-refractivity contribution in [2.45, 2.75) is 31.3 Å². The van der Waals surface area contributed by atoms with E-state index in [9.17, 15) is 13.6 Å². The van der Waals surface area contributed by atoms with Gasteiger partial charge in [-0.25, -0.2) is 8.78 Å². The van der Waals surface area contributed by atoms with Crippen molar-refractivity contribution in [2.75, 3.05) is 0 Å². The predicted octanol–water partition coefficient (Wildman–Crippen LogP) is 3.05. The van der Waals surface area contributed by atoms with Gasteiger partial charge < -0.3 is 5.32 Å². The van der Waals surface area contributed by atoms with Crippen LogP contribution in [0, 0.1) is 17.6 Å². The molecular formula is C13H12BrF2NO. The molecule has 0 amide bonds. The van der Waals surface area contributed by atoms with Crippen molar-refractivity contribution >= 4 is 21.7 Å². The van der Waals surface area contributed by atoms with Crippen LogP contribution in [0.2, 0.25) is 0 Å². The number of carbonyl (C=O) groups is 1. The zero-order chi connectivity index (χ0) is 12.9. The number of benzene rings is 1. The number of rotatable bonds is 2. The van der Waals surface area contributed by atoms with Gasteiger partial charge in [-0.3, -0.25) is 4.79 Å². The van der Waals surface area contributed by atoms with Gasteiger partial charge in [0.25, 0.3) is 0 Å². The number of hydrogen-bond donors (Lipinski definition) is 1. The van der Waals surface area contributed by atoms with E-state index in [4.69, 9.17) is 0 Å². The summed E-state index contributed by atoms with van der Waals surface area (Å²) < 4.78 is 27.7.